The molecule has 2 N–H and O–H groups in total. The Hall–Kier alpha value is -1.23. The van der Waals surface area contributed by atoms with Gasteiger partial charge in [0.1, 0.15) is 11.4 Å². The lowest BCUT2D eigenvalue weighted by molar-refractivity contribution is -0.114. The molecule has 0 radical (unpaired) electrons. The molecule has 14 heavy (non-hydrogen) atoms. The van der Waals surface area contributed by atoms with Crippen LogP contribution in [0.3, 0.4) is 0 Å². The second-order valence-electron chi connectivity index (χ2n) is 2.93. The fourth-order valence-electron chi connectivity index (χ4n) is 1.37. The summed E-state index contributed by atoms with van der Waals surface area (Å²) in [6, 6.07) is 3.71. The van der Waals surface area contributed by atoms with Crippen LogP contribution in [0.1, 0.15) is 0 Å². The van der Waals surface area contributed by atoms with Gasteiger partial charge in [-0.25, -0.2) is 0 Å². The minimum atomic E-state index is -0.0573. The summed E-state index contributed by atoms with van der Waals surface area (Å²) in [5.74, 6) is 0.591. The number of ether oxygens (including phenoxy) is 1. The summed E-state index contributed by atoms with van der Waals surface area (Å²) in [5, 5.41) is 5.77. The van der Waals surface area contributed by atoms with Gasteiger partial charge in [-0.05, 0) is 12.1 Å². The lowest BCUT2D eigenvalue weighted by atomic mass is 10.2. The first-order valence-corrected chi connectivity index (χ1v) is 4.91. The van der Waals surface area contributed by atoms with Crippen LogP contribution in [0.4, 0.5) is 11.4 Å². The molecule has 0 bridgehead atoms. The molecule has 5 heteroatoms. The van der Waals surface area contributed by atoms with E-state index in [9.17, 15) is 4.79 Å². The summed E-state index contributed by atoms with van der Waals surface area (Å²) in [4.78, 5) is 11.1. The number of fused-ring (bicyclic) bond motifs is 1. The molecule has 0 aliphatic carbocycles. The number of benzene rings is 1. The number of halogens is 1. The maximum Gasteiger partial charge on any atom is 0.243 e. The molecule has 0 saturated carbocycles. The molecule has 1 aromatic rings. The van der Waals surface area contributed by atoms with E-state index < -0.39 is 0 Å². The summed E-state index contributed by atoms with van der Waals surface area (Å²) in [6.45, 7) is 0.298. The number of carbonyl (C=O) groups excluding carboxylic acids is 1. The Morgan fingerprint density at radius 2 is 2.29 bits per heavy atom. The van der Waals surface area contributed by atoms with E-state index in [0.29, 0.717) is 18.0 Å². The topological polar surface area (TPSA) is 50.4 Å². The molecular formula is C9H9BrN2O2. The van der Waals surface area contributed by atoms with E-state index in [-0.39, 0.29) is 5.91 Å². The van der Waals surface area contributed by atoms with Crippen LogP contribution in [0.5, 0.6) is 5.75 Å². The van der Waals surface area contributed by atoms with Crippen LogP contribution in [-0.2, 0) is 4.79 Å². The Morgan fingerprint density at radius 1 is 1.50 bits per heavy atom. The Morgan fingerprint density at radius 3 is 3.00 bits per heavy atom. The zero-order valence-corrected chi connectivity index (χ0v) is 9.14. The van der Waals surface area contributed by atoms with Crippen molar-refractivity contribution < 1.29 is 9.53 Å². The summed E-state index contributed by atoms with van der Waals surface area (Å²) < 4.78 is 6.07. The monoisotopic (exact) mass is 256 g/mol. The molecule has 1 aliphatic heterocycles. The zero-order valence-electron chi connectivity index (χ0n) is 7.56. The Balaban J connectivity index is 2.52. The van der Waals surface area contributed by atoms with Crippen LogP contribution in [0.25, 0.3) is 0 Å². The third-order valence-corrected chi connectivity index (χ3v) is 2.45. The quantitative estimate of drug-likeness (QED) is 0.806. The van der Waals surface area contributed by atoms with Crippen LogP contribution >= 0.6 is 15.9 Å². The molecule has 74 valence electrons. The van der Waals surface area contributed by atoms with Gasteiger partial charge in [0.15, 0.2) is 0 Å². The number of hydrogen-bond acceptors (Lipinski definition) is 3. The van der Waals surface area contributed by atoms with Gasteiger partial charge in [0.2, 0.25) is 5.91 Å². The van der Waals surface area contributed by atoms with Crippen molar-refractivity contribution >= 4 is 33.2 Å². The molecule has 0 spiro atoms. The van der Waals surface area contributed by atoms with Crippen molar-refractivity contribution in [1.82, 2.24) is 0 Å². The van der Waals surface area contributed by atoms with E-state index in [4.69, 9.17) is 4.74 Å². The van der Waals surface area contributed by atoms with Crippen molar-refractivity contribution in [2.45, 2.75) is 0 Å². The van der Waals surface area contributed by atoms with Crippen LogP contribution < -0.4 is 15.4 Å². The van der Waals surface area contributed by atoms with E-state index in [2.05, 4.69) is 26.6 Å². The average Bonchev–Trinajstić information content (AvgIpc) is 2.17. The van der Waals surface area contributed by atoms with Crippen molar-refractivity contribution in [3.63, 3.8) is 0 Å². The molecule has 0 fully saturated rings. The minimum Gasteiger partial charge on any atom is -0.494 e. The summed E-state index contributed by atoms with van der Waals surface area (Å²) in [5.41, 5.74) is 1.57. The number of anilines is 2. The van der Waals surface area contributed by atoms with E-state index in [1.807, 2.05) is 12.1 Å². The largest absolute Gasteiger partial charge is 0.494 e. The third-order valence-electron chi connectivity index (χ3n) is 1.99. The molecule has 0 saturated heterocycles. The second-order valence-corrected chi connectivity index (χ2v) is 3.85. The maximum atomic E-state index is 11.1. The number of rotatable bonds is 1. The average molecular weight is 257 g/mol. The number of carbonyl (C=O) groups is 1. The van der Waals surface area contributed by atoms with Gasteiger partial charge in [-0.2, -0.15) is 0 Å². The summed E-state index contributed by atoms with van der Waals surface area (Å²) in [7, 11) is 1.57. The lowest BCUT2D eigenvalue weighted by Crippen LogP contribution is -2.27. The normalized spacial score (nSPS) is 14.0. The van der Waals surface area contributed by atoms with Crippen LogP contribution in [0.2, 0.25) is 0 Å². The molecule has 0 aromatic heterocycles. The van der Waals surface area contributed by atoms with E-state index in [1.54, 1.807) is 7.11 Å². The smallest absolute Gasteiger partial charge is 0.243 e. The molecule has 0 unspecified atom stereocenters. The molecule has 2 rings (SSSR count). The third kappa shape index (κ3) is 1.55. The Bertz CT molecular complexity index is 375. The zero-order chi connectivity index (χ0) is 10.1. The van der Waals surface area contributed by atoms with E-state index in [0.717, 1.165) is 10.2 Å². The Labute approximate surface area is 89.8 Å². The fraction of sp³-hybridized carbons (Fsp3) is 0.222. The van der Waals surface area contributed by atoms with Gasteiger partial charge >= 0.3 is 0 Å². The summed E-state index contributed by atoms with van der Waals surface area (Å²) in [6.07, 6.45) is 0. The highest BCUT2D eigenvalue weighted by atomic mass is 79.9. The van der Waals surface area contributed by atoms with Gasteiger partial charge in [-0.3, -0.25) is 4.79 Å². The maximum absolute atomic E-state index is 11.1. The van der Waals surface area contributed by atoms with Crippen LogP contribution in [-0.4, -0.2) is 19.6 Å². The predicted octanol–water partition coefficient (Wildman–Crippen LogP) is 1.82. The number of nitrogens with one attached hydrogen (secondary N) is 2. The highest BCUT2D eigenvalue weighted by Gasteiger charge is 2.18. The minimum absolute atomic E-state index is 0.0573. The first kappa shape index (κ1) is 9.33. The SMILES string of the molecule is COc1cc(Br)cc2c1NC(=O)CN2. The summed E-state index contributed by atoms with van der Waals surface area (Å²) >= 11 is 3.36. The second kappa shape index (κ2) is 3.49. The fourth-order valence-corrected chi connectivity index (χ4v) is 1.81. The van der Waals surface area contributed by atoms with Crippen molar-refractivity contribution in [2.24, 2.45) is 0 Å². The molecule has 1 aliphatic rings. The van der Waals surface area contributed by atoms with Crippen LogP contribution in [0.15, 0.2) is 16.6 Å². The van der Waals surface area contributed by atoms with Gasteiger partial charge in [0, 0.05) is 4.47 Å². The van der Waals surface area contributed by atoms with E-state index >= 15 is 0 Å². The number of methoxy groups -OCH3 is 1. The highest BCUT2D eigenvalue weighted by molar-refractivity contribution is 9.10. The molecular weight excluding hydrogens is 248 g/mol. The molecule has 4 nitrogen and oxygen atoms in total. The van der Waals surface area contributed by atoms with Gasteiger partial charge in [-0.15, -0.1) is 0 Å². The van der Waals surface area contributed by atoms with Crippen molar-refractivity contribution in [2.75, 3.05) is 24.3 Å². The lowest BCUT2D eigenvalue weighted by Gasteiger charge is -2.21. The first-order valence-electron chi connectivity index (χ1n) is 4.12. The molecule has 1 aromatic carbocycles. The predicted molar refractivity (Wildman–Crippen MR) is 57.8 cm³/mol. The van der Waals surface area contributed by atoms with Crippen molar-refractivity contribution in [1.29, 1.82) is 0 Å². The van der Waals surface area contributed by atoms with Gasteiger partial charge in [0.05, 0.1) is 19.3 Å². The van der Waals surface area contributed by atoms with Gasteiger partial charge in [-0.1, -0.05) is 15.9 Å². The van der Waals surface area contributed by atoms with Gasteiger partial charge < -0.3 is 15.4 Å². The van der Waals surface area contributed by atoms with Crippen molar-refractivity contribution in [3.8, 4) is 5.75 Å². The number of amides is 1. The van der Waals surface area contributed by atoms with Gasteiger partial charge in [0.25, 0.3) is 0 Å². The first-order chi connectivity index (χ1) is 6.70. The number of hydrogen-bond donors (Lipinski definition) is 2. The highest BCUT2D eigenvalue weighted by Crippen LogP contribution is 2.37. The molecule has 0 atom stereocenters. The standard InChI is InChI=1S/C9H9BrN2O2/c1-14-7-3-5(10)2-6-9(7)12-8(13)4-11-6/h2-3,11H,4H2,1H3,(H,12,13). The van der Waals surface area contributed by atoms with Crippen LogP contribution in [0, 0.1) is 0 Å². The Kier molecular flexibility index (Phi) is 2.33. The van der Waals surface area contributed by atoms with E-state index in [1.165, 1.54) is 0 Å². The molecule has 1 heterocycles. The molecule has 1 amide bonds. The van der Waals surface area contributed by atoms with Crippen molar-refractivity contribution in [3.05, 3.63) is 16.6 Å².